The first-order chi connectivity index (χ1) is 13.7. The molecule has 3 unspecified atom stereocenters. The molecule has 152 valence electrons. The molecule has 2 saturated heterocycles. The minimum absolute atomic E-state index is 0.366. The standard InChI is InChI=1S/C22H32N4O2/c1-2-23-21(24-19-16-8-15-28-20(16)22(19)9-5-10-22)26-13-11-25(12-14-26)17-6-3-4-7-18(17)27/h3-4,6-7,16,19-20,27H,2,5,8-15H2,1H3,(H,23,24). The normalized spacial score (nSPS) is 31.3. The average molecular weight is 385 g/mol. The van der Waals surface area contributed by atoms with Crippen molar-refractivity contribution in [2.24, 2.45) is 16.3 Å². The fourth-order valence-electron chi connectivity index (χ4n) is 5.87. The van der Waals surface area contributed by atoms with E-state index >= 15 is 0 Å². The van der Waals surface area contributed by atoms with E-state index in [1.165, 1.54) is 25.7 Å². The van der Waals surface area contributed by atoms with E-state index in [0.717, 1.165) is 51.0 Å². The number of benzene rings is 1. The summed E-state index contributed by atoms with van der Waals surface area (Å²) in [7, 11) is 0. The summed E-state index contributed by atoms with van der Waals surface area (Å²) in [5.41, 5.74) is 1.30. The molecule has 6 heteroatoms. The largest absolute Gasteiger partial charge is 0.506 e. The van der Waals surface area contributed by atoms with Crippen molar-refractivity contribution >= 4 is 11.6 Å². The number of fused-ring (bicyclic) bond motifs is 2. The molecule has 4 fully saturated rings. The van der Waals surface area contributed by atoms with Gasteiger partial charge < -0.3 is 25.0 Å². The lowest BCUT2D eigenvalue weighted by Crippen LogP contribution is -2.73. The van der Waals surface area contributed by atoms with Gasteiger partial charge in [-0.3, -0.25) is 4.99 Å². The first-order valence-electron chi connectivity index (χ1n) is 10.9. The van der Waals surface area contributed by atoms with Crippen LogP contribution >= 0.6 is 0 Å². The van der Waals surface area contributed by atoms with Gasteiger partial charge in [-0.2, -0.15) is 0 Å². The van der Waals surface area contributed by atoms with E-state index in [0.29, 0.717) is 29.2 Å². The summed E-state index contributed by atoms with van der Waals surface area (Å²) in [5.74, 6) is 2.09. The van der Waals surface area contributed by atoms with Crippen LogP contribution in [0.4, 0.5) is 5.69 Å². The molecule has 2 aliphatic carbocycles. The number of phenols is 1. The predicted molar refractivity (Wildman–Crippen MR) is 111 cm³/mol. The van der Waals surface area contributed by atoms with Crippen LogP contribution in [0.2, 0.25) is 0 Å². The maximum absolute atomic E-state index is 10.2. The Morgan fingerprint density at radius 1 is 1.25 bits per heavy atom. The topological polar surface area (TPSA) is 60.3 Å². The molecule has 2 aliphatic heterocycles. The van der Waals surface area contributed by atoms with Gasteiger partial charge in [-0.1, -0.05) is 18.6 Å². The van der Waals surface area contributed by atoms with Crippen molar-refractivity contribution in [2.45, 2.75) is 44.8 Å². The zero-order valence-electron chi connectivity index (χ0n) is 16.8. The number of para-hydroxylation sites is 2. The van der Waals surface area contributed by atoms with Crippen molar-refractivity contribution in [1.82, 2.24) is 10.2 Å². The number of aliphatic imine (C=N–C) groups is 1. The van der Waals surface area contributed by atoms with Crippen molar-refractivity contribution in [3.05, 3.63) is 24.3 Å². The summed E-state index contributed by atoms with van der Waals surface area (Å²) in [6, 6.07) is 8.15. The maximum atomic E-state index is 10.2. The fourth-order valence-corrected chi connectivity index (χ4v) is 5.87. The summed E-state index contributed by atoms with van der Waals surface area (Å²) in [5, 5.41) is 14.0. The van der Waals surface area contributed by atoms with E-state index in [9.17, 15) is 5.11 Å². The lowest BCUT2D eigenvalue weighted by molar-refractivity contribution is -0.171. The van der Waals surface area contributed by atoms with E-state index in [1.54, 1.807) is 6.07 Å². The average Bonchev–Trinajstić information content (AvgIpc) is 3.09. The van der Waals surface area contributed by atoms with Crippen molar-refractivity contribution in [3.8, 4) is 5.75 Å². The van der Waals surface area contributed by atoms with Crippen LogP contribution in [0, 0.1) is 11.3 Å². The molecule has 2 heterocycles. The van der Waals surface area contributed by atoms with Gasteiger partial charge in [0.2, 0.25) is 0 Å². The molecule has 5 rings (SSSR count). The van der Waals surface area contributed by atoms with Crippen LogP contribution in [0.5, 0.6) is 5.75 Å². The van der Waals surface area contributed by atoms with Crippen molar-refractivity contribution in [3.63, 3.8) is 0 Å². The van der Waals surface area contributed by atoms with Crippen LogP contribution in [0.3, 0.4) is 0 Å². The SMILES string of the molecule is CCN=C(NC1C2CCOC2C12CCC2)N1CCN(c2ccccc2O)CC1. The van der Waals surface area contributed by atoms with Gasteiger partial charge in [0.05, 0.1) is 11.8 Å². The molecule has 0 aromatic heterocycles. The number of hydrogen-bond donors (Lipinski definition) is 2. The highest BCUT2D eigenvalue weighted by molar-refractivity contribution is 5.81. The number of anilines is 1. The highest BCUT2D eigenvalue weighted by Crippen LogP contribution is 2.62. The molecule has 1 spiro atoms. The zero-order chi connectivity index (χ0) is 19.1. The monoisotopic (exact) mass is 384 g/mol. The van der Waals surface area contributed by atoms with E-state index in [4.69, 9.17) is 9.73 Å². The van der Waals surface area contributed by atoms with Gasteiger partial charge in [0.25, 0.3) is 0 Å². The molecule has 0 radical (unpaired) electrons. The highest BCUT2D eigenvalue weighted by atomic mass is 16.5. The van der Waals surface area contributed by atoms with Crippen molar-refractivity contribution in [2.75, 3.05) is 44.2 Å². The van der Waals surface area contributed by atoms with E-state index in [-0.39, 0.29) is 0 Å². The number of rotatable bonds is 3. The first kappa shape index (κ1) is 18.1. The van der Waals surface area contributed by atoms with Gasteiger partial charge in [-0.25, -0.2) is 0 Å². The Morgan fingerprint density at radius 2 is 2.04 bits per heavy atom. The second-order valence-electron chi connectivity index (χ2n) is 8.71. The number of phenolic OH excluding ortho intramolecular Hbond substituents is 1. The van der Waals surface area contributed by atoms with E-state index < -0.39 is 0 Å². The summed E-state index contributed by atoms with van der Waals surface area (Å²) in [6.07, 6.45) is 5.60. The molecule has 28 heavy (non-hydrogen) atoms. The zero-order valence-corrected chi connectivity index (χ0v) is 16.8. The van der Waals surface area contributed by atoms with Gasteiger partial charge in [0, 0.05) is 56.7 Å². The van der Waals surface area contributed by atoms with Crippen LogP contribution in [0.1, 0.15) is 32.6 Å². The first-order valence-corrected chi connectivity index (χ1v) is 10.9. The van der Waals surface area contributed by atoms with Crippen LogP contribution in [0.15, 0.2) is 29.3 Å². The summed E-state index contributed by atoms with van der Waals surface area (Å²) in [4.78, 5) is 9.52. The van der Waals surface area contributed by atoms with Gasteiger partial charge in [-0.15, -0.1) is 0 Å². The molecule has 1 aromatic carbocycles. The number of hydrogen-bond acceptors (Lipinski definition) is 4. The number of nitrogens with one attached hydrogen (secondary N) is 1. The molecule has 6 nitrogen and oxygen atoms in total. The van der Waals surface area contributed by atoms with Gasteiger partial charge in [0.15, 0.2) is 5.96 Å². The third kappa shape index (κ3) is 2.76. The Bertz CT molecular complexity index is 740. The summed E-state index contributed by atoms with van der Waals surface area (Å²) < 4.78 is 6.08. The highest BCUT2D eigenvalue weighted by Gasteiger charge is 2.66. The quantitative estimate of drug-likeness (QED) is 0.619. The van der Waals surface area contributed by atoms with E-state index in [2.05, 4.69) is 22.0 Å². The van der Waals surface area contributed by atoms with Crippen LogP contribution in [0.25, 0.3) is 0 Å². The Balaban J connectivity index is 1.26. The van der Waals surface area contributed by atoms with E-state index in [1.807, 2.05) is 18.2 Å². The van der Waals surface area contributed by atoms with Crippen LogP contribution < -0.4 is 10.2 Å². The number of piperazine rings is 1. The third-order valence-electron chi connectivity index (χ3n) is 7.43. The Kier molecular flexibility index (Phi) is 4.62. The summed E-state index contributed by atoms with van der Waals surface area (Å²) >= 11 is 0. The maximum Gasteiger partial charge on any atom is 0.194 e. The minimum atomic E-state index is 0.366. The molecule has 0 amide bonds. The fraction of sp³-hybridized carbons (Fsp3) is 0.682. The molecule has 4 aliphatic rings. The second-order valence-corrected chi connectivity index (χ2v) is 8.71. The number of ether oxygens (including phenoxy) is 1. The van der Waals surface area contributed by atoms with Crippen LogP contribution in [-0.2, 0) is 4.74 Å². The van der Waals surface area contributed by atoms with Crippen molar-refractivity contribution < 1.29 is 9.84 Å². The Labute approximate surface area is 167 Å². The molecule has 0 bridgehead atoms. The van der Waals surface area contributed by atoms with Crippen LogP contribution in [-0.4, -0.2) is 67.4 Å². The predicted octanol–water partition coefficient (Wildman–Crippen LogP) is 2.44. The molecular formula is C22H32N4O2. The number of guanidine groups is 1. The van der Waals surface area contributed by atoms with Gasteiger partial charge in [0.1, 0.15) is 5.75 Å². The van der Waals surface area contributed by atoms with Crippen molar-refractivity contribution in [1.29, 1.82) is 0 Å². The summed E-state index contributed by atoms with van der Waals surface area (Å²) in [6.45, 7) is 7.47. The lowest BCUT2D eigenvalue weighted by Gasteiger charge is -2.63. The molecule has 2 saturated carbocycles. The smallest absolute Gasteiger partial charge is 0.194 e. The van der Waals surface area contributed by atoms with Gasteiger partial charge >= 0.3 is 0 Å². The molecule has 3 atom stereocenters. The Hall–Kier alpha value is -1.95. The molecule has 2 N–H and O–H groups in total. The lowest BCUT2D eigenvalue weighted by atomic mass is 9.46. The number of nitrogens with zero attached hydrogens (tertiary/aromatic N) is 3. The molecular weight excluding hydrogens is 352 g/mol. The third-order valence-corrected chi connectivity index (χ3v) is 7.43. The second kappa shape index (κ2) is 7.14. The minimum Gasteiger partial charge on any atom is -0.506 e. The molecule has 1 aromatic rings. The van der Waals surface area contributed by atoms with Gasteiger partial charge in [-0.05, 0) is 38.3 Å². The number of aromatic hydroxyl groups is 1. The Morgan fingerprint density at radius 3 is 2.71 bits per heavy atom.